The highest BCUT2D eigenvalue weighted by Gasteiger charge is 2.14. The molecule has 0 aliphatic carbocycles. The van der Waals surface area contributed by atoms with E-state index in [9.17, 15) is 9.18 Å². The predicted molar refractivity (Wildman–Crippen MR) is 77.0 cm³/mol. The maximum Gasteiger partial charge on any atom is 0.356 e. The molecule has 0 fully saturated rings. The van der Waals surface area contributed by atoms with Gasteiger partial charge in [-0.2, -0.15) is 0 Å². The molecule has 1 heterocycles. The van der Waals surface area contributed by atoms with E-state index in [0.717, 1.165) is 11.1 Å². The van der Waals surface area contributed by atoms with Gasteiger partial charge in [0, 0.05) is 23.4 Å². The Hall–Kier alpha value is -2.43. The lowest BCUT2D eigenvalue weighted by Gasteiger charge is -2.11. The van der Waals surface area contributed by atoms with Crippen LogP contribution in [-0.4, -0.2) is 25.2 Å². The molecule has 5 heteroatoms. The Morgan fingerprint density at radius 3 is 2.38 bits per heavy atom. The molecule has 0 amide bonds. The number of benzene rings is 1. The summed E-state index contributed by atoms with van der Waals surface area (Å²) in [5.74, 6) is -0.419. The van der Waals surface area contributed by atoms with E-state index in [1.807, 2.05) is 6.92 Å². The first-order chi connectivity index (χ1) is 9.97. The third kappa shape index (κ3) is 2.86. The van der Waals surface area contributed by atoms with Crippen LogP contribution >= 0.6 is 0 Å². The number of hydrogen-bond donors (Lipinski definition) is 0. The van der Waals surface area contributed by atoms with Crippen molar-refractivity contribution < 1.29 is 18.7 Å². The number of carbonyl (C=O) groups is 1. The molecule has 110 valence electrons. The van der Waals surface area contributed by atoms with Crippen molar-refractivity contribution in [2.24, 2.45) is 0 Å². The van der Waals surface area contributed by atoms with Gasteiger partial charge in [-0.15, -0.1) is 0 Å². The summed E-state index contributed by atoms with van der Waals surface area (Å²) in [5, 5.41) is 0. The summed E-state index contributed by atoms with van der Waals surface area (Å²) >= 11 is 0. The van der Waals surface area contributed by atoms with Crippen LogP contribution in [0.5, 0.6) is 5.75 Å². The highest BCUT2D eigenvalue weighted by Crippen LogP contribution is 2.31. The second kappa shape index (κ2) is 5.91. The van der Waals surface area contributed by atoms with Gasteiger partial charge in [0.2, 0.25) is 0 Å². The van der Waals surface area contributed by atoms with Crippen molar-refractivity contribution in [2.45, 2.75) is 13.8 Å². The van der Waals surface area contributed by atoms with Gasteiger partial charge >= 0.3 is 5.97 Å². The molecule has 0 atom stereocenters. The molecule has 2 rings (SSSR count). The van der Waals surface area contributed by atoms with Crippen molar-refractivity contribution in [1.82, 2.24) is 4.98 Å². The molecule has 0 bridgehead atoms. The quantitative estimate of drug-likeness (QED) is 0.813. The van der Waals surface area contributed by atoms with Crippen LogP contribution < -0.4 is 4.74 Å². The topological polar surface area (TPSA) is 48.4 Å². The zero-order valence-electron chi connectivity index (χ0n) is 12.4. The van der Waals surface area contributed by atoms with Crippen LogP contribution in [0.15, 0.2) is 24.4 Å². The summed E-state index contributed by atoms with van der Waals surface area (Å²) in [6.45, 7) is 3.63. The Morgan fingerprint density at radius 2 is 1.81 bits per heavy atom. The van der Waals surface area contributed by atoms with E-state index in [1.165, 1.54) is 26.5 Å². The van der Waals surface area contributed by atoms with Crippen molar-refractivity contribution in [1.29, 1.82) is 0 Å². The van der Waals surface area contributed by atoms with Gasteiger partial charge in [0.05, 0.1) is 14.2 Å². The molecule has 0 unspecified atom stereocenters. The maximum absolute atomic E-state index is 14.2. The number of carbonyl (C=O) groups excluding carboxylic acids is 1. The first-order valence-electron chi connectivity index (χ1n) is 6.37. The summed E-state index contributed by atoms with van der Waals surface area (Å²) in [6, 6.07) is 4.63. The zero-order chi connectivity index (χ0) is 15.6. The van der Waals surface area contributed by atoms with Crippen LogP contribution in [0.4, 0.5) is 4.39 Å². The molecule has 0 aliphatic rings. The van der Waals surface area contributed by atoms with Crippen LogP contribution in [0.25, 0.3) is 11.1 Å². The summed E-state index contributed by atoms with van der Waals surface area (Å²) < 4.78 is 23.9. The predicted octanol–water partition coefficient (Wildman–Crippen LogP) is 3.30. The first-order valence-corrected chi connectivity index (χ1v) is 6.37. The van der Waals surface area contributed by atoms with Gasteiger partial charge in [0.25, 0.3) is 0 Å². The number of pyridine rings is 1. The average molecular weight is 289 g/mol. The number of ether oxygens (including phenoxy) is 2. The van der Waals surface area contributed by atoms with E-state index in [4.69, 9.17) is 4.74 Å². The third-order valence-electron chi connectivity index (χ3n) is 3.28. The van der Waals surface area contributed by atoms with Gasteiger partial charge in [-0.3, -0.25) is 0 Å². The Bertz CT molecular complexity index is 698. The molecule has 0 saturated heterocycles. The smallest absolute Gasteiger partial charge is 0.356 e. The molecule has 0 aliphatic heterocycles. The number of esters is 1. The van der Waals surface area contributed by atoms with E-state index < -0.39 is 11.8 Å². The van der Waals surface area contributed by atoms with Gasteiger partial charge in [-0.1, -0.05) is 0 Å². The zero-order valence-corrected chi connectivity index (χ0v) is 12.4. The molecule has 21 heavy (non-hydrogen) atoms. The highest BCUT2D eigenvalue weighted by molar-refractivity contribution is 5.88. The van der Waals surface area contributed by atoms with Gasteiger partial charge in [-0.25, -0.2) is 14.2 Å². The van der Waals surface area contributed by atoms with Gasteiger partial charge in [0.15, 0.2) is 0 Å². The van der Waals surface area contributed by atoms with Gasteiger partial charge in [0.1, 0.15) is 17.3 Å². The fraction of sp³-hybridized carbons (Fsp3) is 0.250. The minimum Gasteiger partial charge on any atom is -0.496 e. The van der Waals surface area contributed by atoms with Crippen LogP contribution in [0.1, 0.15) is 21.6 Å². The molecular formula is C16H16FNO3. The number of hydrogen-bond acceptors (Lipinski definition) is 4. The standard InChI is InChI=1S/C16H16FNO3/c1-9-6-14(16(19)21-4)18-8-12(9)11-5-10(2)15(20-3)7-13(11)17/h5-8H,1-4H3. The summed E-state index contributed by atoms with van der Waals surface area (Å²) in [6.07, 6.45) is 1.48. The second-order valence-corrected chi connectivity index (χ2v) is 4.68. The average Bonchev–Trinajstić information content (AvgIpc) is 2.48. The lowest BCUT2D eigenvalue weighted by atomic mass is 9.99. The lowest BCUT2D eigenvalue weighted by molar-refractivity contribution is 0.0594. The van der Waals surface area contributed by atoms with E-state index in [2.05, 4.69) is 9.72 Å². The van der Waals surface area contributed by atoms with Crippen molar-refractivity contribution in [2.75, 3.05) is 14.2 Å². The maximum atomic E-state index is 14.2. The Labute approximate surface area is 122 Å². The number of aryl methyl sites for hydroxylation is 2. The van der Waals surface area contributed by atoms with Crippen molar-refractivity contribution in [3.8, 4) is 16.9 Å². The largest absolute Gasteiger partial charge is 0.496 e. The van der Waals surface area contributed by atoms with Crippen LogP contribution in [0, 0.1) is 19.7 Å². The first kappa shape index (κ1) is 15.0. The molecule has 0 saturated carbocycles. The van der Waals surface area contributed by atoms with E-state index in [0.29, 0.717) is 16.9 Å². The number of nitrogens with zero attached hydrogens (tertiary/aromatic N) is 1. The second-order valence-electron chi connectivity index (χ2n) is 4.68. The molecule has 0 spiro atoms. The molecule has 1 aromatic carbocycles. The molecule has 0 N–H and O–H groups in total. The number of methoxy groups -OCH3 is 2. The Balaban J connectivity index is 2.52. The van der Waals surface area contributed by atoms with Gasteiger partial charge < -0.3 is 9.47 Å². The monoisotopic (exact) mass is 289 g/mol. The molecule has 4 nitrogen and oxygen atoms in total. The number of rotatable bonds is 3. The molecular weight excluding hydrogens is 273 g/mol. The van der Waals surface area contributed by atoms with Crippen molar-refractivity contribution in [3.63, 3.8) is 0 Å². The fourth-order valence-electron chi connectivity index (χ4n) is 2.14. The summed E-state index contributed by atoms with van der Waals surface area (Å²) in [7, 11) is 2.79. The number of halogens is 1. The lowest BCUT2D eigenvalue weighted by Crippen LogP contribution is -2.05. The Morgan fingerprint density at radius 1 is 1.10 bits per heavy atom. The van der Waals surface area contributed by atoms with Crippen LogP contribution in [-0.2, 0) is 4.74 Å². The van der Waals surface area contributed by atoms with Crippen molar-refractivity contribution in [3.05, 3.63) is 47.0 Å². The van der Waals surface area contributed by atoms with Gasteiger partial charge in [-0.05, 0) is 37.1 Å². The van der Waals surface area contributed by atoms with E-state index in [-0.39, 0.29) is 5.69 Å². The number of aromatic nitrogens is 1. The highest BCUT2D eigenvalue weighted by atomic mass is 19.1. The summed E-state index contributed by atoms with van der Waals surface area (Å²) in [4.78, 5) is 15.5. The molecule has 2 aromatic rings. The minimum absolute atomic E-state index is 0.199. The minimum atomic E-state index is -0.518. The summed E-state index contributed by atoms with van der Waals surface area (Å²) in [5.41, 5.74) is 2.82. The van der Waals surface area contributed by atoms with E-state index in [1.54, 1.807) is 19.1 Å². The van der Waals surface area contributed by atoms with Crippen LogP contribution in [0.3, 0.4) is 0 Å². The Kier molecular flexibility index (Phi) is 4.21. The van der Waals surface area contributed by atoms with Crippen molar-refractivity contribution >= 4 is 5.97 Å². The SMILES string of the molecule is COC(=O)c1cc(C)c(-c2cc(C)c(OC)cc2F)cn1. The normalized spacial score (nSPS) is 10.3. The molecule has 1 aromatic heterocycles. The van der Waals surface area contributed by atoms with E-state index >= 15 is 0 Å². The molecule has 0 radical (unpaired) electrons. The van der Waals surface area contributed by atoms with Crippen LogP contribution in [0.2, 0.25) is 0 Å². The third-order valence-corrected chi connectivity index (χ3v) is 3.28. The fourth-order valence-corrected chi connectivity index (χ4v) is 2.14.